The second-order valence-electron chi connectivity index (χ2n) is 6.36. The minimum atomic E-state index is -0.954. The summed E-state index contributed by atoms with van der Waals surface area (Å²) in [5.74, 6) is -0.863. The third-order valence-corrected chi connectivity index (χ3v) is 4.50. The third-order valence-electron chi connectivity index (χ3n) is 4.50. The summed E-state index contributed by atoms with van der Waals surface area (Å²) in [7, 11) is 1.79. The lowest BCUT2D eigenvalue weighted by molar-refractivity contribution is -0.133. The number of pyridine rings is 1. The standard InChI is InChI=1S/C16H20N6O3/c1-5-16(3)14(24)22(15(25)19-16)8-12(23)18-10-6-11-9(2)20-21(4)13(11)17-7-10/h6-7H,5,8H2,1-4H3,(H,18,23)(H,19,25)/t16-/m0/s1. The highest BCUT2D eigenvalue weighted by Crippen LogP contribution is 2.21. The molecule has 4 amide bonds. The number of fused-ring (bicyclic) bond motifs is 1. The van der Waals surface area contributed by atoms with Crippen LogP contribution in [0.15, 0.2) is 12.3 Å². The zero-order valence-corrected chi connectivity index (χ0v) is 14.6. The Bertz CT molecular complexity index is 889. The molecule has 132 valence electrons. The average Bonchev–Trinajstić information content (AvgIpc) is 2.96. The van der Waals surface area contributed by atoms with E-state index in [1.807, 2.05) is 6.92 Å². The fourth-order valence-corrected chi connectivity index (χ4v) is 2.85. The maximum Gasteiger partial charge on any atom is 0.325 e. The first kappa shape index (κ1) is 16.9. The zero-order chi connectivity index (χ0) is 18.4. The van der Waals surface area contributed by atoms with E-state index in [9.17, 15) is 14.4 Å². The lowest BCUT2D eigenvalue weighted by Gasteiger charge is -2.19. The van der Waals surface area contributed by atoms with E-state index in [2.05, 4.69) is 20.7 Å². The van der Waals surface area contributed by atoms with Gasteiger partial charge in [-0.25, -0.2) is 9.78 Å². The summed E-state index contributed by atoms with van der Waals surface area (Å²) in [6, 6.07) is 1.21. The molecule has 1 saturated heterocycles. The number of carbonyl (C=O) groups is 3. The molecule has 2 aromatic heterocycles. The van der Waals surface area contributed by atoms with Crippen LogP contribution in [0.3, 0.4) is 0 Å². The van der Waals surface area contributed by atoms with Gasteiger partial charge in [-0.1, -0.05) is 6.92 Å². The number of rotatable bonds is 4. The zero-order valence-electron chi connectivity index (χ0n) is 14.6. The highest BCUT2D eigenvalue weighted by atomic mass is 16.2. The summed E-state index contributed by atoms with van der Waals surface area (Å²) >= 11 is 0. The number of urea groups is 1. The minimum absolute atomic E-state index is 0.343. The molecular weight excluding hydrogens is 324 g/mol. The fourth-order valence-electron chi connectivity index (χ4n) is 2.85. The smallest absolute Gasteiger partial charge is 0.323 e. The van der Waals surface area contributed by atoms with E-state index in [1.165, 1.54) is 6.20 Å². The molecule has 0 bridgehead atoms. The van der Waals surface area contributed by atoms with Crippen LogP contribution in [0.4, 0.5) is 10.5 Å². The SMILES string of the molecule is CC[C@]1(C)NC(=O)N(CC(=O)Nc2cnc3c(c2)c(C)nn3C)C1=O. The van der Waals surface area contributed by atoms with Gasteiger partial charge in [0.1, 0.15) is 12.1 Å². The van der Waals surface area contributed by atoms with Crippen LogP contribution in [0.25, 0.3) is 11.0 Å². The first-order valence-corrected chi connectivity index (χ1v) is 7.98. The summed E-state index contributed by atoms with van der Waals surface area (Å²) in [6.45, 7) is 4.96. The molecule has 0 unspecified atom stereocenters. The first-order chi connectivity index (χ1) is 11.7. The van der Waals surface area contributed by atoms with E-state index in [1.54, 1.807) is 31.6 Å². The number of nitrogens with zero attached hydrogens (tertiary/aromatic N) is 4. The van der Waals surface area contributed by atoms with Crippen molar-refractivity contribution in [2.24, 2.45) is 7.05 Å². The van der Waals surface area contributed by atoms with Crippen LogP contribution >= 0.6 is 0 Å². The minimum Gasteiger partial charge on any atom is -0.323 e. The monoisotopic (exact) mass is 344 g/mol. The Morgan fingerprint density at radius 3 is 2.76 bits per heavy atom. The summed E-state index contributed by atoms with van der Waals surface area (Å²) < 4.78 is 1.66. The maximum atomic E-state index is 12.3. The van der Waals surface area contributed by atoms with Crippen molar-refractivity contribution in [1.29, 1.82) is 0 Å². The van der Waals surface area contributed by atoms with Gasteiger partial charge in [0.15, 0.2) is 5.65 Å². The molecule has 9 nitrogen and oxygen atoms in total. The largest absolute Gasteiger partial charge is 0.325 e. The van der Waals surface area contributed by atoms with E-state index in [4.69, 9.17) is 0 Å². The molecule has 2 N–H and O–H groups in total. The predicted molar refractivity (Wildman–Crippen MR) is 90.8 cm³/mol. The summed E-state index contributed by atoms with van der Waals surface area (Å²) in [4.78, 5) is 41.7. The van der Waals surface area contributed by atoms with Crippen molar-refractivity contribution in [3.8, 4) is 0 Å². The molecule has 0 radical (unpaired) electrons. The van der Waals surface area contributed by atoms with Gasteiger partial charge < -0.3 is 10.6 Å². The van der Waals surface area contributed by atoms with E-state index in [0.29, 0.717) is 17.8 Å². The van der Waals surface area contributed by atoms with Crippen LogP contribution in [-0.2, 0) is 16.6 Å². The number of hydrogen-bond donors (Lipinski definition) is 2. The van der Waals surface area contributed by atoms with Gasteiger partial charge >= 0.3 is 6.03 Å². The number of anilines is 1. The van der Waals surface area contributed by atoms with Gasteiger partial charge in [-0.15, -0.1) is 0 Å². The van der Waals surface area contributed by atoms with Crippen LogP contribution in [0.5, 0.6) is 0 Å². The van der Waals surface area contributed by atoms with Gasteiger partial charge in [-0.2, -0.15) is 5.10 Å². The molecule has 1 fully saturated rings. The average molecular weight is 344 g/mol. The number of hydrogen-bond acceptors (Lipinski definition) is 5. The molecule has 2 aromatic rings. The van der Waals surface area contributed by atoms with Crippen LogP contribution in [0, 0.1) is 6.92 Å². The Labute approximate surface area is 144 Å². The molecule has 0 spiro atoms. The first-order valence-electron chi connectivity index (χ1n) is 7.98. The predicted octanol–water partition coefficient (Wildman–Crippen LogP) is 0.936. The van der Waals surface area contributed by atoms with Crippen molar-refractivity contribution in [3.05, 3.63) is 18.0 Å². The topological polar surface area (TPSA) is 109 Å². The van der Waals surface area contributed by atoms with E-state index in [-0.39, 0.29) is 6.54 Å². The van der Waals surface area contributed by atoms with E-state index < -0.39 is 23.4 Å². The molecule has 1 aliphatic heterocycles. The normalized spacial score (nSPS) is 20.2. The maximum absolute atomic E-state index is 12.3. The Kier molecular flexibility index (Phi) is 3.94. The summed E-state index contributed by atoms with van der Waals surface area (Å²) in [5, 5.41) is 10.4. The summed E-state index contributed by atoms with van der Waals surface area (Å²) in [5.41, 5.74) is 1.04. The second-order valence-corrected chi connectivity index (χ2v) is 6.36. The Balaban J connectivity index is 1.74. The van der Waals surface area contributed by atoms with Gasteiger partial charge in [0, 0.05) is 12.4 Å². The number of aromatic nitrogens is 3. The number of nitrogens with one attached hydrogen (secondary N) is 2. The Morgan fingerprint density at radius 2 is 2.12 bits per heavy atom. The van der Waals surface area contributed by atoms with Crippen molar-refractivity contribution in [2.45, 2.75) is 32.7 Å². The van der Waals surface area contributed by atoms with Crippen LogP contribution in [0.1, 0.15) is 26.0 Å². The van der Waals surface area contributed by atoms with Gasteiger partial charge in [0.2, 0.25) is 5.91 Å². The van der Waals surface area contributed by atoms with Gasteiger partial charge in [0.25, 0.3) is 5.91 Å². The van der Waals surface area contributed by atoms with Gasteiger partial charge in [0.05, 0.1) is 17.6 Å². The molecule has 0 saturated carbocycles. The lowest BCUT2D eigenvalue weighted by atomic mass is 9.99. The quantitative estimate of drug-likeness (QED) is 0.802. The Morgan fingerprint density at radius 1 is 1.40 bits per heavy atom. The number of amides is 4. The molecule has 9 heteroatoms. The molecule has 0 aromatic carbocycles. The van der Waals surface area contributed by atoms with E-state index >= 15 is 0 Å². The molecular formula is C16H20N6O3. The Hall–Kier alpha value is -2.97. The molecule has 1 aliphatic rings. The highest BCUT2D eigenvalue weighted by molar-refractivity contribution is 6.10. The number of imide groups is 1. The fraction of sp³-hybridized carbons (Fsp3) is 0.438. The van der Waals surface area contributed by atoms with Crippen molar-refractivity contribution in [1.82, 2.24) is 25.0 Å². The van der Waals surface area contributed by atoms with Crippen LogP contribution in [0.2, 0.25) is 0 Å². The highest BCUT2D eigenvalue weighted by Gasteiger charge is 2.46. The third kappa shape index (κ3) is 2.81. The molecule has 25 heavy (non-hydrogen) atoms. The van der Waals surface area contributed by atoms with Crippen LogP contribution < -0.4 is 10.6 Å². The second kappa shape index (κ2) is 5.83. The van der Waals surface area contributed by atoms with Gasteiger partial charge in [-0.3, -0.25) is 19.2 Å². The van der Waals surface area contributed by atoms with Crippen LogP contribution in [-0.4, -0.2) is 49.6 Å². The number of carbonyl (C=O) groups excluding carboxylic acids is 3. The summed E-state index contributed by atoms with van der Waals surface area (Å²) in [6.07, 6.45) is 1.97. The van der Waals surface area contributed by atoms with E-state index in [0.717, 1.165) is 16.0 Å². The van der Waals surface area contributed by atoms with Gasteiger partial charge in [-0.05, 0) is 26.3 Å². The van der Waals surface area contributed by atoms with Crippen molar-refractivity contribution in [3.63, 3.8) is 0 Å². The molecule has 1 atom stereocenters. The molecule has 3 rings (SSSR count). The molecule has 0 aliphatic carbocycles. The van der Waals surface area contributed by atoms with Crippen molar-refractivity contribution in [2.75, 3.05) is 11.9 Å². The van der Waals surface area contributed by atoms with Crippen molar-refractivity contribution >= 4 is 34.6 Å². The number of aryl methyl sites for hydroxylation is 2. The van der Waals surface area contributed by atoms with Crippen molar-refractivity contribution < 1.29 is 14.4 Å². The lowest BCUT2D eigenvalue weighted by Crippen LogP contribution is -2.44. The molecule has 3 heterocycles.